The molecule has 0 radical (unpaired) electrons. The maximum atomic E-state index is 11.7. The van der Waals surface area contributed by atoms with Gasteiger partial charge in [-0.25, -0.2) is 0 Å². The van der Waals surface area contributed by atoms with Crippen LogP contribution in [0.15, 0.2) is 0 Å². The molecular weight excluding hydrogens is 188 g/mol. The molecule has 3 heteroatoms. The summed E-state index contributed by atoms with van der Waals surface area (Å²) < 4.78 is 0. The highest BCUT2D eigenvalue weighted by Crippen LogP contribution is 2.09. The number of nitrogens with zero attached hydrogens (tertiary/aromatic N) is 2. The summed E-state index contributed by atoms with van der Waals surface area (Å²) in [6, 6.07) is 0. The minimum atomic E-state index is 0.343. The Hall–Kier alpha value is -0.570. The van der Waals surface area contributed by atoms with E-state index in [1.165, 1.54) is 25.7 Å². The number of unbranched alkanes of at least 4 members (excludes halogenated alkanes) is 1. The third-order valence-corrected chi connectivity index (χ3v) is 3.06. The summed E-state index contributed by atoms with van der Waals surface area (Å²) in [6.07, 6.45) is 5.54. The van der Waals surface area contributed by atoms with Gasteiger partial charge in [0.1, 0.15) is 0 Å². The highest BCUT2D eigenvalue weighted by atomic mass is 16.2. The molecule has 3 nitrogen and oxygen atoms in total. The number of likely N-dealkylation sites (tertiary alicyclic amines) is 1. The molecule has 0 aliphatic carbocycles. The summed E-state index contributed by atoms with van der Waals surface area (Å²) in [7, 11) is 2.10. The molecule has 1 fully saturated rings. The molecule has 0 aromatic rings. The van der Waals surface area contributed by atoms with E-state index in [1.54, 1.807) is 0 Å². The standard InChI is InChI=1S/C12H24N2O/c1-3-4-8-13(2)11-7-12(15)14-9-5-6-10-14/h3-11H2,1-2H3. The fourth-order valence-corrected chi connectivity index (χ4v) is 1.95. The number of carbonyl (C=O) groups is 1. The highest BCUT2D eigenvalue weighted by Gasteiger charge is 2.17. The molecule has 88 valence electrons. The molecule has 1 aliphatic rings. The first-order valence-corrected chi connectivity index (χ1v) is 6.20. The van der Waals surface area contributed by atoms with Gasteiger partial charge in [0.2, 0.25) is 5.91 Å². The fourth-order valence-electron chi connectivity index (χ4n) is 1.95. The largest absolute Gasteiger partial charge is 0.343 e. The molecule has 1 rings (SSSR count). The van der Waals surface area contributed by atoms with E-state index in [4.69, 9.17) is 0 Å². The third kappa shape index (κ3) is 4.65. The van der Waals surface area contributed by atoms with Crippen molar-refractivity contribution >= 4 is 5.91 Å². The number of carbonyl (C=O) groups excluding carboxylic acids is 1. The van der Waals surface area contributed by atoms with Gasteiger partial charge in [-0.1, -0.05) is 13.3 Å². The Bertz CT molecular complexity index is 188. The van der Waals surface area contributed by atoms with E-state index in [-0.39, 0.29) is 0 Å². The van der Waals surface area contributed by atoms with Crippen LogP contribution in [0.1, 0.15) is 39.0 Å². The van der Waals surface area contributed by atoms with Crippen LogP contribution in [0.5, 0.6) is 0 Å². The van der Waals surface area contributed by atoms with Crippen molar-refractivity contribution in [2.45, 2.75) is 39.0 Å². The SMILES string of the molecule is CCCCN(C)CCC(=O)N1CCCC1. The van der Waals surface area contributed by atoms with Crippen molar-refractivity contribution in [1.29, 1.82) is 0 Å². The Labute approximate surface area is 93.4 Å². The second kappa shape index (κ2) is 6.83. The number of rotatable bonds is 6. The third-order valence-electron chi connectivity index (χ3n) is 3.06. The quantitative estimate of drug-likeness (QED) is 0.669. The maximum absolute atomic E-state index is 11.7. The van der Waals surface area contributed by atoms with Gasteiger partial charge in [0, 0.05) is 26.1 Å². The predicted molar refractivity (Wildman–Crippen MR) is 62.8 cm³/mol. The molecule has 0 spiro atoms. The molecule has 0 saturated carbocycles. The normalized spacial score (nSPS) is 16.3. The molecule has 1 amide bonds. The van der Waals surface area contributed by atoms with Crippen LogP contribution in [-0.4, -0.2) is 48.9 Å². The lowest BCUT2D eigenvalue weighted by atomic mass is 10.3. The predicted octanol–water partition coefficient (Wildman–Crippen LogP) is 1.73. The van der Waals surface area contributed by atoms with Crippen molar-refractivity contribution in [3.05, 3.63) is 0 Å². The van der Waals surface area contributed by atoms with Crippen LogP contribution >= 0.6 is 0 Å². The van der Waals surface area contributed by atoms with E-state index in [0.717, 1.165) is 26.2 Å². The minimum absolute atomic E-state index is 0.343. The van der Waals surface area contributed by atoms with E-state index < -0.39 is 0 Å². The summed E-state index contributed by atoms with van der Waals surface area (Å²) in [6.45, 7) is 6.19. The lowest BCUT2D eigenvalue weighted by Gasteiger charge is -2.19. The smallest absolute Gasteiger partial charge is 0.223 e. The Balaban J connectivity index is 2.10. The maximum Gasteiger partial charge on any atom is 0.223 e. The molecule has 0 aromatic heterocycles. The molecule has 15 heavy (non-hydrogen) atoms. The van der Waals surface area contributed by atoms with Gasteiger partial charge in [-0.2, -0.15) is 0 Å². The van der Waals surface area contributed by atoms with E-state index in [1.807, 2.05) is 4.90 Å². The van der Waals surface area contributed by atoms with Crippen molar-refractivity contribution in [2.75, 3.05) is 33.2 Å². The molecule has 0 unspecified atom stereocenters. The molecule has 0 bridgehead atoms. The van der Waals surface area contributed by atoms with Crippen LogP contribution in [0.4, 0.5) is 0 Å². The van der Waals surface area contributed by atoms with Crippen LogP contribution in [0, 0.1) is 0 Å². The van der Waals surface area contributed by atoms with Gasteiger partial charge in [0.05, 0.1) is 0 Å². The van der Waals surface area contributed by atoms with E-state index in [9.17, 15) is 4.79 Å². The van der Waals surface area contributed by atoms with Crippen LogP contribution in [0.25, 0.3) is 0 Å². The first kappa shape index (κ1) is 12.5. The lowest BCUT2D eigenvalue weighted by Crippen LogP contribution is -2.31. The zero-order valence-electron chi connectivity index (χ0n) is 10.2. The Kier molecular flexibility index (Phi) is 5.69. The molecule has 1 heterocycles. The Morgan fingerprint density at radius 3 is 2.53 bits per heavy atom. The van der Waals surface area contributed by atoms with E-state index >= 15 is 0 Å². The van der Waals surface area contributed by atoms with Crippen LogP contribution < -0.4 is 0 Å². The van der Waals surface area contributed by atoms with Crippen molar-refractivity contribution < 1.29 is 4.79 Å². The molecular formula is C12H24N2O. The molecule has 0 atom stereocenters. The minimum Gasteiger partial charge on any atom is -0.343 e. The van der Waals surface area contributed by atoms with Gasteiger partial charge in [-0.05, 0) is 32.9 Å². The zero-order valence-corrected chi connectivity index (χ0v) is 10.2. The van der Waals surface area contributed by atoms with Crippen molar-refractivity contribution in [2.24, 2.45) is 0 Å². The van der Waals surface area contributed by atoms with Gasteiger partial charge < -0.3 is 9.80 Å². The Morgan fingerprint density at radius 2 is 1.93 bits per heavy atom. The second-order valence-corrected chi connectivity index (χ2v) is 4.49. The van der Waals surface area contributed by atoms with E-state index in [0.29, 0.717) is 12.3 Å². The topological polar surface area (TPSA) is 23.6 Å². The van der Waals surface area contributed by atoms with E-state index in [2.05, 4.69) is 18.9 Å². The van der Waals surface area contributed by atoms with Gasteiger partial charge in [0.15, 0.2) is 0 Å². The van der Waals surface area contributed by atoms with Gasteiger partial charge in [-0.3, -0.25) is 4.79 Å². The average Bonchev–Trinajstić information content (AvgIpc) is 2.76. The molecule has 1 saturated heterocycles. The molecule has 1 aliphatic heterocycles. The van der Waals surface area contributed by atoms with Crippen molar-refractivity contribution in [1.82, 2.24) is 9.80 Å². The summed E-state index contributed by atoms with van der Waals surface area (Å²) >= 11 is 0. The Morgan fingerprint density at radius 1 is 1.27 bits per heavy atom. The summed E-state index contributed by atoms with van der Waals surface area (Å²) in [5.41, 5.74) is 0. The average molecular weight is 212 g/mol. The van der Waals surface area contributed by atoms with Crippen LogP contribution in [0.2, 0.25) is 0 Å². The number of hydrogen-bond donors (Lipinski definition) is 0. The highest BCUT2D eigenvalue weighted by molar-refractivity contribution is 5.76. The summed E-state index contributed by atoms with van der Waals surface area (Å²) in [4.78, 5) is 16.0. The summed E-state index contributed by atoms with van der Waals surface area (Å²) in [5.74, 6) is 0.343. The van der Waals surface area contributed by atoms with Crippen LogP contribution in [-0.2, 0) is 4.79 Å². The number of hydrogen-bond acceptors (Lipinski definition) is 2. The van der Waals surface area contributed by atoms with Crippen molar-refractivity contribution in [3.63, 3.8) is 0 Å². The van der Waals surface area contributed by atoms with Gasteiger partial charge in [0.25, 0.3) is 0 Å². The summed E-state index contributed by atoms with van der Waals surface area (Å²) in [5, 5.41) is 0. The van der Waals surface area contributed by atoms with Crippen LogP contribution in [0.3, 0.4) is 0 Å². The molecule has 0 N–H and O–H groups in total. The lowest BCUT2D eigenvalue weighted by molar-refractivity contribution is -0.130. The monoisotopic (exact) mass is 212 g/mol. The first-order chi connectivity index (χ1) is 7.24. The first-order valence-electron chi connectivity index (χ1n) is 6.20. The number of amides is 1. The second-order valence-electron chi connectivity index (χ2n) is 4.49. The molecule has 0 aromatic carbocycles. The fraction of sp³-hybridized carbons (Fsp3) is 0.917. The zero-order chi connectivity index (χ0) is 11.1. The van der Waals surface area contributed by atoms with Crippen molar-refractivity contribution in [3.8, 4) is 0 Å². The van der Waals surface area contributed by atoms with Gasteiger partial charge in [-0.15, -0.1) is 0 Å². The van der Waals surface area contributed by atoms with Gasteiger partial charge >= 0.3 is 0 Å².